The summed E-state index contributed by atoms with van der Waals surface area (Å²) in [7, 11) is 1.59. The molecule has 0 amide bonds. The second-order valence-electron chi connectivity index (χ2n) is 10.7. The summed E-state index contributed by atoms with van der Waals surface area (Å²) in [6.07, 6.45) is 0.722. The first-order valence-corrected chi connectivity index (χ1v) is 13.8. The maximum absolute atomic E-state index is 13.8. The molecular weight excluding hydrogens is 502 g/mol. The fourth-order valence-electron chi connectivity index (χ4n) is 5.72. The lowest BCUT2D eigenvalue weighted by Crippen LogP contribution is -2.38. The van der Waals surface area contributed by atoms with Crippen LogP contribution in [0.25, 0.3) is 0 Å². The Kier molecular flexibility index (Phi) is 8.15. The van der Waals surface area contributed by atoms with Crippen molar-refractivity contribution in [2.75, 3.05) is 7.11 Å². The molecule has 1 aliphatic heterocycles. The molecule has 1 heterocycles. The van der Waals surface area contributed by atoms with E-state index in [1.54, 1.807) is 7.11 Å². The van der Waals surface area contributed by atoms with Crippen molar-refractivity contribution in [3.8, 4) is 11.5 Å². The van der Waals surface area contributed by atoms with Gasteiger partial charge in [0.1, 0.15) is 12.5 Å². The van der Waals surface area contributed by atoms with Gasteiger partial charge in [0.05, 0.1) is 13.2 Å². The Hall–Kier alpha value is -4.19. The van der Waals surface area contributed by atoms with Gasteiger partial charge >= 0.3 is 5.97 Å². The van der Waals surface area contributed by atoms with Gasteiger partial charge in [0.15, 0.2) is 17.3 Å². The number of Topliss-reactive ketones (excluding diaryl/α,β-unsaturated/α-hetero) is 1. The second-order valence-corrected chi connectivity index (χ2v) is 10.7. The Bertz CT molecular complexity index is 1440. The fourth-order valence-corrected chi connectivity index (χ4v) is 5.72. The molecule has 2 aliphatic rings. The zero-order valence-corrected chi connectivity index (χ0v) is 23.4. The predicted octanol–water partition coefficient (Wildman–Crippen LogP) is 6.80. The number of methoxy groups -OCH3 is 1. The lowest BCUT2D eigenvalue weighted by Gasteiger charge is -2.37. The van der Waals surface area contributed by atoms with Gasteiger partial charge in [-0.05, 0) is 61.9 Å². The summed E-state index contributed by atoms with van der Waals surface area (Å²) < 4.78 is 17.5. The highest BCUT2D eigenvalue weighted by atomic mass is 16.5. The minimum atomic E-state index is -0.709. The topological polar surface area (TPSA) is 74.2 Å². The van der Waals surface area contributed by atoms with Crippen LogP contribution in [0.15, 0.2) is 95.1 Å². The molecule has 5 rings (SSSR count). The van der Waals surface area contributed by atoms with Gasteiger partial charge in [-0.15, -0.1) is 0 Å². The lowest BCUT2D eigenvalue weighted by molar-refractivity contribution is -0.150. The number of carbonyl (C=O) groups is 2. The molecule has 0 fully saturated rings. The molecule has 1 aliphatic carbocycles. The molecule has 6 heteroatoms. The van der Waals surface area contributed by atoms with Crippen molar-refractivity contribution < 1.29 is 23.8 Å². The van der Waals surface area contributed by atoms with Crippen molar-refractivity contribution in [3.05, 3.63) is 107 Å². The van der Waals surface area contributed by atoms with Crippen LogP contribution >= 0.6 is 0 Å². The molecule has 40 heavy (non-hydrogen) atoms. The minimum absolute atomic E-state index is 0.0158. The van der Waals surface area contributed by atoms with Crippen LogP contribution in [0.2, 0.25) is 0 Å². The van der Waals surface area contributed by atoms with Gasteiger partial charge in [-0.3, -0.25) is 14.6 Å². The number of carbonyl (C=O) groups excluding carboxylic acids is 2. The quantitative estimate of drug-likeness (QED) is 0.296. The van der Waals surface area contributed by atoms with E-state index in [0.29, 0.717) is 42.2 Å². The van der Waals surface area contributed by atoms with Crippen LogP contribution in [0.1, 0.15) is 62.1 Å². The van der Waals surface area contributed by atoms with Crippen LogP contribution in [0.5, 0.6) is 11.5 Å². The first-order chi connectivity index (χ1) is 19.4. The van der Waals surface area contributed by atoms with E-state index in [-0.39, 0.29) is 23.8 Å². The second kappa shape index (κ2) is 11.9. The number of benzene rings is 3. The highest BCUT2D eigenvalue weighted by Gasteiger charge is 2.45. The third-order valence-corrected chi connectivity index (χ3v) is 7.55. The summed E-state index contributed by atoms with van der Waals surface area (Å²) in [6.45, 7) is 5.90. The van der Waals surface area contributed by atoms with E-state index in [2.05, 4.69) is 12.1 Å². The Morgan fingerprint density at radius 1 is 0.925 bits per heavy atom. The highest BCUT2D eigenvalue weighted by molar-refractivity contribution is 6.09. The van der Waals surface area contributed by atoms with E-state index < -0.39 is 11.8 Å². The normalized spacial score (nSPS) is 20.6. The molecule has 0 N–H and O–H groups in total. The molecule has 0 saturated carbocycles. The van der Waals surface area contributed by atoms with Gasteiger partial charge in [0.2, 0.25) is 0 Å². The summed E-state index contributed by atoms with van der Waals surface area (Å²) >= 11 is 0. The number of nitrogens with zero attached hydrogens (tertiary/aromatic N) is 1. The average molecular weight is 538 g/mol. The zero-order chi connectivity index (χ0) is 28.2. The Balaban J connectivity index is 1.53. The summed E-state index contributed by atoms with van der Waals surface area (Å²) in [5.74, 6) is -0.425. The Labute approximate surface area is 235 Å². The molecule has 0 saturated heterocycles. The Morgan fingerprint density at radius 3 is 2.30 bits per heavy atom. The number of ether oxygens (including phenoxy) is 3. The van der Waals surface area contributed by atoms with Crippen LogP contribution in [0.4, 0.5) is 0 Å². The highest BCUT2D eigenvalue weighted by Crippen LogP contribution is 2.48. The predicted molar refractivity (Wildman–Crippen MR) is 155 cm³/mol. The molecule has 0 aromatic heterocycles. The minimum Gasteiger partial charge on any atom is -0.493 e. The molecule has 3 aromatic carbocycles. The monoisotopic (exact) mass is 537 g/mol. The van der Waals surface area contributed by atoms with Gasteiger partial charge in [0, 0.05) is 29.3 Å². The smallest absolute Gasteiger partial charge is 0.315 e. The number of hydrogen-bond donors (Lipinski definition) is 0. The first kappa shape index (κ1) is 27.4. The molecule has 0 bridgehead atoms. The molecule has 3 atom stereocenters. The van der Waals surface area contributed by atoms with Crippen LogP contribution in [-0.2, 0) is 20.9 Å². The number of ketones is 1. The van der Waals surface area contributed by atoms with E-state index in [4.69, 9.17) is 19.2 Å². The Morgan fingerprint density at radius 2 is 1.62 bits per heavy atom. The summed E-state index contributed by atoms with van der Waals surface area (Å²) in [5, 5.41) is 0. The molecule has 6 nitrogen and oxygen atoms in total. The average Bonchev–Trinajstić information content (AvgIpc) is 2.95. The van der Waals surface area contributed by atoms with Gasteiger partial charge < -0.3 is 14.2 Å². The maximum Gasteiger partial charge on any atom is 0.315 e. The van der Waals surface area contributed by atoms with Crippen molar-refractivity contribution in [3.63, 3.8) is 0 Å². The third-order valence-electron chi connectivity index (χ3n) is 7.55. The number of allylic oxidation sites excluding steroid dienone is 2. The standard InChI is InChI=1S/C34H35NO5/c1-21(2)40-34(37)31-22(3)35-27-17-26(24-13-9-6-10-14-24)18-28(36)33(27)32(31)25-15-16-29(30(19-25)38-4)39-20-23-11-7-5-8-12-23/h5-16,19,21,26,31-32H,17-18,20H2,1-4H3/t26-,31?,32+/m0/s1. The zero-order valence-electron chi connectivity index (χ0n) is 23.4. The summed E-state index contributed by atoms with van der Waals surface area (Å²) in [5.41, 5.74) is 4.96. The van der Waals surface area contributed by atoms with Gasteiger partial charge in [0.25, 0.3) is 0 Å². The van der Waals surface area contributed by atoms with Crippen LogP contribution < -0.4 is 9.47 Å². The van der Waals surface area contributed by atoms with Gasteiger partial charge in [-0.25, -0.2) is 0 Å². The molecule has 1 unspecified atom stereocenters. The van der Waals surface area contributed by atoms with E-state index in [1.807, 2.05) is 87.5 Å². The fraction of sp³-hybridized carbons (Fsp3) is 0.324. The van der Waals surface area contributed by atoms with Crippen molar-refractivity contribution in [1.29, 1.82) is 0 Å². The molecule has 0 spiro atoms. The van der Waals surface area contributed by atoms with Crippen LogP contribution in [0.3, 0.4) is 0 Å². The van der Waals surface area contributed by atoms with Crippen molar-refractivity contribution in [1.82, 2.24) is 0 Å². The first-order valence-electron chi connectivity index (χ1n) is 13.8. The SMILES string of the molecule is COc1cc([C@H]2C3=C(C[C@H](c4ccccc4)CC3=O)N=C(C)C2C(=O)OC(C)C)ccc1OCc1ccccc1. The number of hydrogen-bond acceptors (Lipinski definition) is 6. The van der Waals surface area contributed by atoms with E-state index in [9.17, 15) is 9.59 Å². The summed E-state index contributed by atoms with van der Waals surface area (Å²) in [6, 6.07) is 25.6. The van der Waals surface area contributed by atoms with Crippen LogP contribution in [0, 0.1) is 5.92 Å². The van der Waals surface area contributed by atoms with Crippen molar-refractivity contribution >= 4 is 17.5 Å². The van der Waals surface area contributed by atoms with E-state index >= 15 is 0 Å². The van der Waals surface area contributed by atoms with E-state index in [1.165, 1.54) is 0 Å². The number of aliphatic imine (C=N–C) groups is 1. The third kappa shape index (κ3) is 5.71. The lowest BCUT2D eigenvalue weighted by atomic mass is 9.69. The number of rotatable bonds is 8. The van der Waals surface area contributed by atoms with Crippen molar-refractivity contribution in [2.24, 2.45) is 10.9 Å². The number of esters is 1. The van der Waals surface area contributed by atoms with Gasteiger partial charge in [-0.1, -0.05) is 66.7 Å². The molecule has 206 valence electrons. The molecule has 3 aromatic rings. The van der Waals surface area contributed by atoms with Gasteiger partial charge in [-0.2, -0.15) is 0 Å². The van der Waals surface area contributed by atoms with E-state index in [0.717, 1.165) is 22.4 Å². The molecule has 0 radical (unpaired) electrons. The van der Waals surface area contributed by atoms with Crippen molar-refractivity contribution in [2.45, 2.75) is 58.2 Å². The molecular formula is C34H35NO5. The largest absolute Gasteiger partial charge is 0.493 e. The summed E-state index contributed by atoms with van der Waals surface area (Å²) in [4.78, 5) is 32.2. The maximum atomic E-state index is 13.8. The van der Waals surface area contributed by atoms with Crippen LogP contribution in [-0.4, -0.2) is 30.7 Å².